The number of likely N-dealkylation sites (tertiary alicyclic amines) is 1. The van der Waals surface area contributed by atoms with Crippen LogP contribution in [0, 0.1) is 0 Å². The van der Waals surface area contributed by atoms with Gasteiger partial charge in [-0.3, -0.25) is 9.48 Å². The minimum Gasteiger partial charge on any atom is -0.391 e. The highest BCUT2D eigenvalue weighted by molar-refractivity contribution is 5.95. The highest BCUT2D eigenvalue weighted by Gasteiger charge is 2.25. The Kier molecular flexibility index (Phi) is 3.47. The highest BCUT2D eigenvalue weighted by atomic mass is 16.3. The summed E-state index contributed by atoms with van der Waals surface area (Å²) in [6.07, 6.45) is 3.79. The van der Waals surface area contributed by atoms with Gasteiger partial charge in [0.05, 0.1) is 17.4 Å². The molecule has 1 aliphatic heterocycles. The van der Waals surface area contributed by atoms with E-state index >= 15 is 0 Å². The van der Waals surface area contributed by atoms with Crippen LogP contribution in [0.15, 0.2) is 6.20 Å². The Balaban J connectivity index is 2.18. The third-order valence-electron chi connectivity index (χ3n) is 3.15. The van der Waals surface area contributed by atoms with E-state index in [1.165, 1.54) is 0 Å². The smallest absolute Gasteiger partial charge is 0.257 e. The minimum absolute atomic E-state index is 0.00583. The number of piperidine rings is 1. The lowest BCUT2D eigenvalue weighted by molar-refractivity contribution is 0.0473. The molecular weight excluding hydrogens is 218 g/mol. The maximum absolute atomic E-state index is 12.3. The summed E-state index contributed by atoms with van der Waals surface area (Å²) in [5.41, 5.74) is 1.50. The van der Waals surface area contributed by atoms with Crippen LogP contribution in [0.25, 0.3) is 0 Å². The van der Waals surface area contributed by atoms with Crippen molar-refractivity contribution in [1.29, 1.82) is 0 Å². The van der Waals surface area contributed by atoms with Gasteiger partial charge < -0.3 is 10.0 Å². The normalized spacial score (nSPS) is 20.6. The topological polar surface area (TPSA) is 58.4 Å². The first-order chi connectivity index (χ1) is 8.11. The predicted octanol–water partition coefficient (Wildman–Crippen LogP) is 0.579. The summed E-state index contributed by atoms with van der Waals surface area (Å²) in [7, 11) is 1.82. The largest absolute Gasteiger partial charge is 0.391 e. The van der Waals surface area contributed by atoms with Crippen LogP contribution in [0.4, 0.5) is 0 Å². The number of carbonyl (C=O) groups excluding carboxylic acids is 1. The van der Waals surface area contributed by atoms with E-state index in [2.05, 4.69) is 5.10 Å². The predicted molar refractivity (Wildman–Crippen MR) is 63.7 cm³/mol. The molecule has 0 saturated carbocycles. The Morgan fingerprint density at radius 1 is 1.65 bits per heavy atom. The Morgan fingerprint density at radius 2 is 2.41 bits per heavy atom. The average Bonchev–Trinajstić information content (AvgIpc) is 2.69. The summed E-state index contributed by atoms with van der Waals surface area (Å²) >= 11 is 0. The van der Waals surface area contributed by atoms with Crippen molar-refractivity contribution in [1.82, 2.24) is 14.7 Å². The van der Waals surface area contributed by atoms with Crippen molar-refractivity contribution >= 4 is 5.91 Å². The highest BCUT2D eigenvalue weighted by Crippen LogP contribution is 2.16. The molecule has 2 rings (SSSR count). The number of aliphatic hydroxyl groups excluding tert-OH is 1. The molecule has 94 valence electrons. The van der Waals surface area contributed by atoms with Gasteiger partial charge in [-0.25, -0.2) is 0 Å². The van der Waals surface area contributed by atoms with E-state index in [0.29, 0.717) is 12.1 Å². The number of aromatic nitrogens is 2. The van der Waals surface area contributed by atoms with Crippen molar-refractivity contribution in [2.75, 3.05) is 13.1 Å². The van der Waals surface area contributed by atoms with Crippen molar-refractivity contribution in [3.05, 3.63) is 17.5 Å². The summed E-state index contributed by atoms with van der Waals surface area (Å²) in [6, 6.07) is 0. The van der Waals surface area contributed by atoms with Crippen LogP contribution in [0.1, 0.15) is 35.8 Å². The van der Waals surface area contributed by atoms with Gasteiger partial charge in [-0.15, -0.1) is 0 Å². The van der Waals surface area contributed by atoms with Crippen molar-refractivity contribution in [2.24, 2.45) is 7.05 Å². The molecule has 5 heteroatoms. The molecule has 1 fully saturated rings. The lowest BCUT2D eigenvalue weighted by atomic mass is 10.1. The molecule has 0 aliphatic carbocycles. The van der Waals surface area contributed by atoms with Crippen LogP contribution in [0.2, 0.25) is 0 Å². The third-order valence-corrected chi connectivity index (χ3v) is 3.15. The molecule has 0 bridgehead atoms. The number of rotatable bonds is 2. The molecule has 0 aromatic carbocycles. The van der Waals surface area contributed by atoms with Crippen LogP contribution < -0.4 is 0 Å². The van der Waals surface area contributed by atoms with E-state index in [9.17, 15) is 9.90 Å². The van der Waals surface area contributed by atoms with Crippen molar-refractivity contribution < 1.29 is 9.90 Å². The van der Waals surface area contributed by atoms with E-state index in [-0.39, 0.29) is 12.0 Å². The second-order valence-corrected chi connectivity index (χ2v) is 4.56. The molecule has 1 aromatic heterocycles. The van der Waals surface area contributed by atoms with E-state index in [0.717, 1.165) is 31.5 Å². The number of nitrogens with zero attached hydrogens (tertiary/aromatic N) is 3. The molecule has 1 saturated heterocycles. The number of carbonyl (C=O) groups is 1. The van der Waals surface area contributed by atoms with Crippen LogP contribution >= 0.6 is 0 Å². The Hall–Kier alpha value is -1.36. The summed E-state index contributed by atoms with van der Waals surface area (Å²) < 4.78 is 1.67. The molecule has 1 N–H and O–H groups in total. The number of aryl methyl sites for hydroxylation is 2. The second kappa shape index (κ2) is 4.87. The van der Waals surface area contributed by atoms with Gasteiger partial charge in [0, 0.05) is 26.3 Å². The zero-order valence-electron chi connectivity index (χ0n) is 10.4. The molecule has 1 aromatic rings. The van der Waals surface area contributed by atoms with Gasteiger partial charge >= 0.3 is 0 Å². The zero-order valence-corrected chi connectivity index (χ0v) is 10.4. The van der Waals surface area contributed by atoms with Gasteiger partial charge in [-0.1, -0.05) is 6.92 Å². The Labute approximate surface area is 101 Å². The molecule has 0 radical (unpaired) electrons. The third kappa shape index (κ3) is 2.49. The molecule has 0 unspecified atom stereocenters. The fraction of sp³-hybridized carbons (Fsp3) is 0.667. The quantitative estimate of drug-likeness (QED) is 0.818. The molecule has 2 heterocycles. The monoisotopic (exact) mass is 237 g/mol. The molecule has 17 heavy (non-hydrogen) atoms. The summed E-state index contributed by atoms with van der Waals surface area (Å²) in [5.74, 6) is -0.00583. The van der Waals surface area contributed by atoms with Gasteiger partial charge in [0.2, 0.25) is 0 Å². The van der Waals surface area contributed by atoms with E-state index in [1.54, 1.807) is 15.8 Å². The lowest BCUT2D eigenvalue weighted by Crippen LogP contribution is -2.42. The van der Waals surface area contributed by atoms with Crippen LogP contribution in [-0.2, 0) is 13.5 Å². The Bertz CT molecular complexity index is 414. The summed E-state index contributed by atoms with van der Waals surface area (Å²) in [6.45, 7) is 3.16. The summed E-state index contributed by atoms with van der Waals surface area (Å²) in [5, 5.41) is 13.9. The van der Waals surface area contributed by atoms with Crippen molar-refractivity contribution in [3.63, 3.8) is 0 Å². The van der Waals surface area contributed by atoms with Crippen molar-refractivity contribution in [3.8, 4) is 0 Å². The molecule has 1 atom stereocenters. The first kappa shape index (κ1) is 12.1. The number of β-amino-alcohol motifs (C(OH)–C–C–N with tert-alkyl or cyclic N) is 1. The number of hydrogen-bond acceptors (Lipinski definition) is 3. The van der Waals surface area contributed by atoms with E-state index < -0.39 is 0 Å². The average molecular weight is 237 g/mol. The zero-order chi connectivity index (χ0) is 12.4. The number of aliphatic hydroxyl groups is 1. The van der Waals surface area contributed by atoms with Crippen LogP contribution in [0.5, 0.6) is 0 Å². The van der Waals surface area contributed by atoms with Crippen LogP contribution in [0.3, 0.4) is 0 Å². The summed E-state index contributed by atoms with van der Waals surface area (Å²) in [4.78, 5) is 14.0. The molecular formula is C12H19N3O2. The van der Waals surface area contributed by atoms with E-state index in [4.69, 9.17) is 0 Å². The van der Waals surface area contributed by atoms with Gasteiger partial charge in [0.1, 0.15) is 0 Å². The first-order valence-electron chi connectivity index (χ1n) is 6.11. The van der Waals surface area contributed by atoms with Gasteiger partial charge in [0.25, 0.3) is 5.91 Å². The van der Waals surface area contributed by atoms with Gasteiger partial charge in [0.15, 0.2) is 0 Å². The SMILES string of the molecule is CCc1nn(C)cc1C(=O)N1CCC[C@H](O)C1. The Morgan fingerprint density at radius 3 is 3.06 bits per heavy atom. The minimum atomic E-state index is -0.380. The maximum atomic E-state index is 12.3. The van der Waals surface area contributed by atoms with Crippen LogP contribution in [-0.4, -0.2) is 44.9 Å². The molecule has 0 spiro atoms. The maximum Gasteiger partial charge on any atom is 0.257 e. The number of amides is 1. The van der Waals surface area contributed by atoms with E-state index in [1.807, 2.05) is 14.0 Å². The molecule has 1 amide bonds. The molecule has 1 aliphatic rings. The number of hydrogen-bond donors (Lipinski definition) is 1. The van der Waals surface area contributed by atoms with Gasteiger partial charge in [-0.05, 0) is 19.3 Å². The van der Waals surface area contributed by atoms with Gasteiger partial charge in [-0.2, -0.15) is 5.10 Å². The molecule has 5 nitrogen and oxygen atoms in total. The fourth-order valence-corrected chi connectivity index (χ4v) is 2.28. The lowest BCUT2D eigenvalue weighted by Gasteiger charge is -2.30. The van der Waals surface area contributed by atoms with Crippen molar-refractivity contribution in [2.45, 2.75) is 32.3 Å². The standard InChI is InChI=1S/C12H19N3O2/c1-3-11-10(8-14(2)13-11)12(17)15-6-4-5-9(16)7-15/h8-9,16H,3-7H2,1-2H3/t9-/m0/s1. The first-order valence-corrected chi connectivity index (χ1v) is 6.11. The fourth-order valence-electron chi connectivity index (χ4n) is 2.28. The second-order valence-electron chi connectivity index (χ2n) is 4.56.